The van der Waals surface area contributed by atoms with Gasteiger partial charge in [0.05, 0.1) is 5.39 Å². The summed E-state index contributed by atoms with van der Waals surface area (Å²) in [6.07, 6.45) is 8.57. The number of fused-ring (bicyclic) bond motifs is 2. The Kier molecular flexibility index (Phi) is 1.80. The normalized spacial score (nSPS) is 11.3. The van der Waals surface area contributed by atoms with Crippen LogP contribution >= 0.6 is 0 Å². The predicted octanol–water partition coefficient (Wildman–Crippen LogP) is 3.64. The first kappa shape index (κ1) is 9.41. The third-order valence-electron chi connectivity index (χ3n) is 2.98. The maximum absolute atomic E-state index is 5.61. The van der Waals surface area contributed by atoms with E-state index in [1.165, 1.54) is 0 Å². The zero-order valence-corrected chi connectivity index (χ0v) is 9.33. The number of aromatic nitrogens is 2. The van der Waals surface area contributed by atoms with Crippen molar-refractivity contribution in [3.8, 4) is 11.5 Å². The van der Waals surface area contributed by atoms with E-state index in [-0.39, 0.29) is 0 Å². The van der Waals surface area contributed by atoms with E-state index in [1.807, 2.05) is 18.2 Å². The second-order valence-corrected chi connectivity index (χ2v) is 4.03. The van der Waals surface area contributed by atoms with Crippen LogP contribution in [0.3, 0.4) is 0 Å². The van der Waals surface area contributed by atoms with Crippen LogP contribution in [0.2, 0.25) is 0 Å². The van der Waals surface area contributed by atoms with Crippen molar-refractivity contribution in [1.29, 1.82) is 0 Å². The van der Waals surface area contributed by atoms with Crippen LogP contribution in [0.1, 0.15) is 0 Å². The van der Waals surface area contributed by atoms with Crippen molar-refractivity contribution < 1.29 is 8.83 Å². The molecule has 0 aromatic carbocycles. The lowest BCUT2D eigenvalue weighted by molar-refractivity contribution is 0.530. The van der Waals surface area contributed by atoms with Crippen LogP contribution in [0.25, 0.3) is 33.2 Å². The number of furan rings is 2. The molecule has 0 aliphatic heterocycles. The minimum absolute atomic E-state index is 0.708. The molecular formula is C14H8N2O2. The van der Waals surface area contributed by atoms with Gasteiger partial charge in [-0.3, -0.25) is 9.97 Å². The number of rotatable bonds is 1. The first-order valence-electron chi connectivity index (χ1n) is 5.57. The molecule has 4 heteroatoms. The number of pyridine rings is 2. The van der Waals surface area contributed by atoms with E-state index in [1.54, 1.807) is 31.1 Å². The van der Waals surface area contributed by atoms with Crippen molar-refractivity contribution in [1.82, 2.24) is 9.97 Å². The average Bonchev–Trinajstić information content (AvgIpc) is 3.01. The summed E-state index contributed by atoms with van der Waals surface area (Å²) in [5.41, 5.74) is 0.825. The molecule has 0 bridgehead atoms. The van der Waals surface area contributed by atoms with Crippen molar-refractivity contribution >= 4 is 21.7 Å². The van der Waals surface area contributed by atoms with E-state index in [9.17, 15) is 0 Å². The highest BCUT2D eigenvalue weighted by Crippen LogP contribution is 2.35. The van der Waals surface area contributed by atoms with Crippen LogP contribution < -0.4 is 0 Å². The van der Waals surface area contributed by atoms with Crippen molar-refractivity contribution in [3.63, 3.8) is 0 Å². The Labute approximate surface area is 102 Å². The Morgan fingerprint density at radius 3 is 2.78 bits per heavy atom. The van der Waals surface area contributed by atoms with Gasteiger partial charge in [-0.25, -0.2) is 0 Å². The zero-order chi connectivity index (χ0) is 11.9. The third-order valence-corrected chi connectivity index (χ3v) is 2.98. The minimum atomic E-state index is 0.708. The summed E-state index contributed by atoms with van der Waals surface area (Å²) in [5, 5.41) is 2.90. The molecule has 0 unspecified atom stereocenters. The molecule has 0 saturated carbocycles. The molecule has 18 heavy (non-hydrogen) atoms. The van der Waals surface area contributed by atoms with Gasteiger partial charge in [-0.2, -0.15) is 0 Å². The van der Waals surface area contributed by atoms with E-state index >= 15 is 0 Å². The highest BCUT2D eigenvalue weighted by molar-refractivity contribution is 6.00. The van der Waals surface area contributed by atoms with Crippen molar-refractivity contribution in [2.24, 2.45) is 0 Å². The molecule has 86 valence electrons. The van der Waals surface area contributed by atoms with Crippen LogP contribution in [-0.4, -0.2) is 9.97 Å². The molecule has 4 nitrogen and oxygen atoms in total. The van der Waals surface area contributed by atoms with E-state index in [0.29, 0.717) is 5.76 Å². The maximum atomic E-state index is 5.61. The summed E-state index contributed by atoms with van der Waals surface area (Å²) >= 11 is 0. The van der Waals surface area contributed by atoms with Crippen LogP contribution in [0.4, 0.5) is 0 Å². The standard InChI is InChI=1S/C14H8N2O2/c1-2-11-12(16-4-1)8-18-14(11)13-10-3-5-15-6-9(10)7-17-13/h1-8H. The van der Waals surface area contributed by atoms with Crippen LogP contribution in [0.15, 0.2) is 58.2 Å². The predicted molar refractivity (Wildman–Crippen MR) is 67.0 cm³/mol. The third kappa shape index (κ3) is 1.20. The molecule has 0 amide bonds. The van der Waals surface area contributed by atoms with Gasteiger partial charge >= 0.3 is 0 Å². The van der Waals surface area contributed by atoms with Crippen molar-refractivity contribution in [2.45, 2.75) is 0 Å². The molecule has 4 heterocycles. The lowest BCUT2D eigenvalue weighted by Crippen LogP contribution is -1.75. The molecule has 0 aliphatic rings. The van der Waals surface area contributed by atoms with Crippen molar-refractivity contribution in [3.05, 3.63) is 49.3 Å². The highest BCUT2D eigenvalue weighted by atomic mass is 16.4. The molecule has 4 aromatic heterocycles. The first-order valence-corrected chi connectivity index (χ1v) is 5.57. The molecule has 0 saturated heterocycles. The van der Waals surface area contributed by atoms with E-state index in [4.69, 9.17) is 8.83 Å². The summed E-state index contributed by atoms with van der Waals surface area (Å²) in [6, 6.07) is 5.77. The van der Waals surface area contributed by atoms with Gasteiger partial charge in [-0.15, -0.1) is 0 Å². The highest BCUT2D eigenvalue weighted by Gasteiger charge is 2.15. The van der Waals surface area contributed by atoms with E-state index in [2.05, 4.69) is 9.97 Å². The molecule has 4 aromatic rings. The maximum Gasteiger partial charge on any atom is 0.179 e. The molecule has 0 radical (unpaired) electrons. The molecular weight excluding hydrogens is 228 g/mol. The molecule has 0 fully saturated rings. The average molecular weight is 236 g/mol. The lowest BCUT2D eigenvalue weighted by Gasteiger charge is -1.94. The van der Waals surface area contributed by atoms with Gasteiger partial charge < -0.3 is 8.83 Å². The monoisotopic (exact) mass is 236 g/mol. The summed E-state index contributed by atoms with van der Waals surface area (Å²) in [7, 11) is 0. The second kappa shape index (κ2) is 3.43. The molecule has 0 atom stereocenters. The number of hydrogen-bond donors (Lipinski definition) is 0. The Balaban J connectivity index is 2.08. The fourth-order valence-electron chi connectivity index (χ4n) is 2.13. The van der Waals surface area contributed by atoms with Gasteiger partial charge in [0.25, 0.3) is 0 Å². The fraction of sp³-hybridized carbons (Fsp3) is 0. The summed E-state index contributed by atoms with van der Waals surface area (Å²) in [6.45, 7) is 0. The van der Waals surface area contributed by atoms with Crippen LogP contribution in [0, 0.1) is 0 Å². The molecule has 0 aliphatic carbocycles. The number of nitrogens with zero attached hydrogens (tertiary/aromatic N) is 2. The van der Waals surface area contributed by atoms with E-state index in [0.717, 1.165) is 27.4 Å². The fourth-order valence-corrected chi connectivity index (χ4v) is 2.13. The second-order valence-electron chi connectivity index (χ2n) is 4.03. The van der Waals surface area contributed by atoms with Gasteiger partial charge in [-0.1, -0.05) is 0 Å². The Hall–Kier alpha value is -2.62. The number of hydrogen-bond acceptors (Lipinski definition) is 4. The van der Waals surface area contributed by atoms with Crippen LogP contribution in [-0.2, 0) is 0 Å². The molecule has 0 N–H and O–H groups in total. The largest absolute Gasteiger partial charge is 0.460 e. The van der Waals surface area contributed by atoms with Gasteiger partial charge in [0.1, 0.15) is 18.0 Å². The topological polar surface area (TPSA) is 52.1 Å². The smallest absolute Gasteiger partial charge is 0.179 e. The van der Waals surface area contributed by atoms with Crippen molar-refractivity contribution in [2.75, 3.05) is 0 Å². The zero-order valence-electron chi connectivity index (χ0n) is 9.33. The summed E-state index contributed by atoms with van der Waals surface area (Å²) in [5.74, 6) is 1.43. The lowest BCUT2D eigenvalue weighted by atomic mass is 10.1. The first-order chi connectivity index (χ1) is 8.93. The molecule has 0 spiro atoms. The van der Waals surface area contributed by atoms with E-state index < -0.39 is 0 Å². The van der Waals surface area contributed by atoms with Gasteiger partial charge in [-0.05, 0) is 18.2 Å². The molecule has 4 rings (SSSR count). The summed E-state index contributed by atoms with van der Waals surface area (Å²) in [4.78, 5) is 8.31. The Morgan fingerprint density at radius 2 is 1.78 bits per heavy atom. The van der Waals surface area contributed by atoms with Crippen LogP contribution in [0.5, 0.6) is 0 Å². The quantitative estimate of drug-likeness (QED) is 0.506. The Bertz CT molecular complexity index is 773. The van der Waals surface area contributed by atoms with Gasteiger partial charge in [0.2, 0.25) is 0 Å². The Morgan fingerprint density at radius 1 is 0.889 bits per heavy atom. The van der Waals surface area contributed by atoms with Gasteiger partial charge in [0, 0.05) is 29.4 Å². The minimum Gasteiger partial charge on any atom is -0.460 e. The summed E-state index contributed by atoms with van der Waals surface area (Å²) < 4.78 is 11.2. The van der Waals surface area contributed by atoms with Gasteiger partial charge in [0.15, 0.2) is 11.5 Å². The SMILES string of the molecule is c1cnc2coc(-c3occ4cnccc34)c2c1.